The molecule has 0 radical (unpaired) electrons. The number of nitrogens with zero attached hydrogens (tertiary/aromatic N) is 2. The number of likely N-dealkylation sites (tertiary alicyclic amines) is 1. The zero-order valence-electron chi connectivity index (χ0n) is 12.0. The average Bonchev–Trinajstić information content (AvgIpc) is 2.93. The van der Waals surface area contributed by atoms with E-state index in [1.54, 1.807) is 0 Å². The molecule has 1 aliphatic rings. The van der Waals surface area contributed by atoms with Crippen molar-refractivity contribution in [2.45, 2.75) is 18.9 Å². The third-order valence-corrected chi connectivity index (χ3v) is 4.04. The molecule has 1 heterocycles. The largest absolute Gasteiger partial charge is 0.329 e. The first-order valence-corrected chi connectivity index (χ1v) is 7.19. The zero-order valence-corrected chi connectivity index (χ0v) is 12.0. The van der Waals surface area contributed by atoms with Crippen LogP contribution in [0, 0.1) is 11.6 Å². The van der Waals surface area contributed by atoms with E-state index >= 15 is 0 Å². The number of likely N-dealkylation sites (N-methyl/N-ethyl adjacent to an activating group) is 1. The molecular formula is C15H23F2N3. The molecule has 1 unspecified atom stereocenters. The molecular weight excluding hydrogens is 260 g/mol. The summed E-state index contributed by atoms with van der Waals surface area (Å²) in [5.74, 6) is -1.07. The van der Waals surface area contributed by atoms with Crippen LogP contribution in [-0.2, 0) is 0 Å². The van der Waals surface area contributed by atoms with Crippen LogP contribution < -0.4 is 5.73 Å². The van der Waals surface area contributed by atoms with Gasteiger partial charge >= 0.3 is 0 Å². The van der Waals surface area contributed by atoms with Gasteiger partial charge < -0.3 is 10.6 Å². The molecule has 2 rings (SSSR count). The number of hydrogen-bond donors (Lipinski definition) is 1. The minimum Gasteiger partial charge on any atom is -0.329 e. The summed E-state index contributed by atoms with van der Waals surface area (Å²) < 4.78 is 26.8. The Morgan fingerprint density at radius 3 is 2.60 bits per heavy atom. The van der Waals surface area contributed by atoms with Crippen molar-refractivity contribution in [2.75, 3.05) is 39.8 Å². The lowest BCUT2D eigenvalue weighted by Crippen LogP contribution is -2.37. The molecule has 1 aromatic rings. The molecule has 0 aromatic heterocycles. The van der Waals surface area contributed by atoms with Crippen molar-refractivity contribution in [2.24, 2.45) is 5.73 Å². The Hall–Kier alpha value is -1.04. The quantitative estimate of drug-likeness (QED) is 0.866. The van der Waals surface area contributed by atoms with Crippen LogP contribution in [0.3, 0.4) is 0 Å². The van der Waals surface area contributed by atoms with Crippen LogP contribution in [0.2, 0.25) is 0 Å². The van der Waals surface area contributed by atoms with E-state index in [-0.39, 0.29) is 6.04 Å². The summed E-state index contributed by atoms with van der Waals surface area (Å²) in [6.07, 6.45) is 2.52. The molecule has 0 amide bonds. The van der Waals surface area contributed by atoms with Gasteiger partial charge in [-0.1, -0.05) is 6.07 Å². The Morgan fingerprint density at radius 1 is 1.30 bits per heavy atom. The molecule has 5 heteroatoms. The number of benzene rings is 1. The highest BCUT2D eigenvalue weighted by Gasteiger charge is 2.20. The molecule has 0 saturated carbocycles. The van der Waals surface area contributed by atoms with E-state index in [9.17, 15) is 8.78 Å². The fraction of sp³-hybridized carbons (Fsp3) is 0.600. The van der Waals surface area contributed by atoms with Gasteiger partial charge in [-0.15, -0.1) is 0 Å². The smallest absolute Gasteiger partial charge is 0.130 e. The summed E-state index contributed by atoms with van der Waals surface area (Å²) in [4.78, 5) is 4.46. The maximum absolute atomic E-state index is 13.9. The Bertz CT molecular complexity index is 433. The molecule has 1 saturated heterocycles. The molecule has 1 atom stereocenters. The minimum absolute atomic E-state index is 0.210. The predicted molar refractivity (Wildman–Crippen MR) is 76.5 cm³/mol. The molecule has 20 heavy (non-hydrogen) atoms. The molecule has 0 bridgehead atoms. The van der Waals surface area contributed by atoms with Crippen LogP contribution in [0.4, 0.5) is 8.78 Å². The first kappa shape index (κ1) is 15.4. The van der Waals surface area contributed by atoms with Crippen molar-refractivity contribution in [3.8, 4) is 0 Å². The Labute approximate surface area is 119 Å². The SMILES string of the molecule is CN(CCN1CCCC1)C(CN)c1ccc(F)cc1F. The fourth-order valence-corrected chi connectivity index (χ4v) is 2.78. The van der Waals surface area contributed by atoms with E-state index in [0.717, 1.165) is 32.2 Å². The van der Waals surface area contributed by atoms with Gasteiger partial charge in [-0.3, -0.25) is 4.90 Å². The summed E-state index contributed by atoms with van der Waals surface area (Å²) in [6.45, 7) is 4.41. The predicted octanol–water partition coefficient (Wildman–Crippen LogP) is 1.99. The van der Waals surface area contributed by atoms with Crippen LogP contribution in [0.5, 0.6) is 0 Å². The van der Waals surface area contributed by atoms with E-state index in [1.807, 2.05) is 7.05 Å². The lowest BCUT2D eigenvalue weighted by molar-refractivity contribution is 0.206. The molecule has 2 N–H and O–H groups in total. The minimum atomic E-state index is -0.554. The summed E-state index contributed by atoms with van der Waals surface area (Å²) in [5.41, 5.74) is 6.25. The Morgan fingerprint density at radius 2 is 2.00 bits per heavy atom. The molecule has 3 nitrogen and oxygen atoms in total. The maximum Gasteiger partial charge on any atom is 0.130 e. The third kappa shape index (κ3) is 3.75. The average molecular weight is 283 g/mol. The number of rotatable bonds is 6. The third-order valence-electron chi connectivity index (χ3n) is 4.04. The van der Waals surface area contributed by atoms with Gasteiger partial charge in [-0.25, -0.2) is 8.78 Å². The summed E-state index contributed by atoms with van der Waals surface area (Å²) >= 11 is 0. The first-order chi connectivity index (χ1) is 9.61. The van der Waals surface area contributed by atoms with Gasteiger partial charge in [0.2, 0.25) is 0 Å². The second kappa shape index (κ2) is 7.11. The van der Waals surface area contributed by atoms with Crippen LogP contribution in [-0.4, -0.2) is 49.6 Å². The summed E-state index contributed by atoms with van der Waals surface area (Å²) in [7, 11) is 1.94. The zero-order chi connectivity index (χ0) is 14.5. The van der Waals surface area contributed by atoms with Crippen molar-refractivity contribution in [3.63, 3.8) is 0 Å². The van der Waals surface area contributed by atoms with Crippen molar-refractivity contribution in [1.29, 1.82) is 0 Å². The van der Waals surface area contributed by atoms with E-state index < -0.39 is 11.6 Å². The van der Waals surface area contributed by atoms with Gasteiger partial charge in [0.15, 0.2) is 0 Å². The molecule has 112 valence electrons. The van der Waals surface area contributed by atoms with Crippen LogP contribution in [0.25, 0.3) is 0 Å². The van der Waals surface area contributed by atoms with Crippen molar-refractivity contribution >= 4 is 0 Å². The van der Waals surface area contributed by atoms with Crippen LogP contribution in [0.1, 0.15) is 24.4 Å². The topological polar surface area (TPSA) is 32.5 Å². The van der Waals surface area contributed by atoms with Crippen molar-refractivity contribution in [3.05, 3.63) is 35.4 Å². The first-order valence-electron chi connectivity index (χ1n) is 7.19. The highest BCUT2D eigenvalue weighted by molar-refractivity contribution is 5.22. The number of nitrogens with two attached hydrogens (primary N) is 1. The van der Waals surface area contributed by atoms with Gasteiger partial charge in [0.05, 0.1) is 0 Å². The van der Waals surface area contributed by atoms with Crippen LogP contribution >= 0.6 is 0 Å². The van der Waals surface area contributed by atoms with E-state index in [0.29, 0.717) is 12.1 Å². The molecule has 1 fully saturated rings. The van der Waals surface area contributed by atoms with E-state index in [4.69, 9.17) is 5.73 Å². The molecule has 1 aromatic carbocycles. The Balaban J connectivity index is 1.98. The van der Waals surface area contributed by atoms with Gasteiger partial charge in [0.25, 0.3) is 0 Å². The second-order valence-electron chi connectivity index (χ2n) is 5.45. The summed E-state index contributed by atoms with van der Waals surface area (Å²) in [5, 5.41) is 0. The maximum atomic E-state index is 13.9. The van der Waals surface area contributed by atoms with Gasteiger partial charge in [-0.05, 0) is 39.0 Å². The molecule has 1 aliphatic heterocycles. The number of hydrogen-bond acceptors (Lipinski definition) is 3. The lowest BCUT2D eigenvalue weighted by Gasteiger charge is -2.29. The standard InChI is InChI=1S/C15H23F2N3/c1-19(8-9-20-6-2-3-7-20)15(11-18)13-5-4-12(16)10-14(13)17/h4-5,10,15H,2-3,6-9,11,18H2,1H3. The van der Waals surface area contributed by atoms with Crippen molar-refractivity contribution < 1.29 is 8.78 Å². The second-order valence-corrected chi connectivity index (χ2v) is 5.45. The highest BCUT2D eigenvalue weighted by Crippen LogP contribution is 2.22. The molecule has 0 aliphatic carbocycles. The number of halogens is 2. The van der Waals surface area contributed by atoms with E-state index in [2.05, 4.69) is 9.80 Å². The fourth-order valence-electron chi connectivity index (χ4n) is 2.78. The van der Waals surface area contributed by atoms with Crippen molar-refractivity contribution in [1.82, 2.24) is 9.80 Å². The normalized spacial score (nSPS) is 17.9. The monoisotopic (exact) mass is 283 g/mol. The molecule has 0 spiro atoms. The van der Waals surface area contributed by atoms with Crippen LogP contribution in [0.15, 0.2) is 18.2 Å². The van der Waals surface area contributed by atoms with E-state index in [1.165, 1.54) is 25.0 Å². The summed E-state index contributed by atoms with van der Waals surface area (Å²) in [6, 6.07) is 3.49. The Kier molecular flexibility index (Phi) is 5.46. The van der Waals surface area contributed by atoms with Gasteiger partial charge in [0.1, 0.15) is 11.6 Å². The highest BCUT2D eigenvalue weighted by atomic mass is 19.1. The van der Waals surface area contributed by atoms with Gasteiger partial charge in [-0.2, -0.15) is 0 Å². The lowest BCUT2D eigenvalue weighted by atomic mass is 10.0. The van der Waals surface area contributed by atoms with Gasteiger partial charge in [0, 0.05) is 37.3 Å².